The van der Waals surface area contributed by atoms with Crippen LogP contribution in [0.3, 0.4) is 0 Å². The molecule has 1 unspecified atom stereocenters. The molecule has 0 aromatic heterocycles. The number of benzene rings is 1. The van der Waals surface area contributed by atoms with Gasteiger partial charge in [0.25, 0.3) is 0 Å². The van der Waals surface area contributed by atoms with Gasteiger partial charge in [0.15, 0.2) is 0 Å². The van der Waals surface area contributed by atoms with Gasteiger partial charge in [-0.2, -0.15) is 8.78 Å². The second-order valence-corrected chi connectivity index (χ2v) is 3.92. The third-order valence-corrected chi connectivity index (χ3v) is 2.63. The van der Waals surface area contributed by atoms with Crippen molar-refractivity contribution in [2.24, 2.45) is 0 Å². The number of carboxylic acid groups (broad SMARTS) is 1. The largest absolute Gasteiger partial charge is 0.480 e. The Balaban J connectivity index is 2.80. The fourth-order valence-electron chi connectivity index (χ4n) is 1.44. The van der Waals surface area contributed by atoms with E-state index in [1.54, 1.807) is 25.2 Å². The molecule has 1 aromatic carbocycles. The van der Waals surface area contributed by atoms with Crippen molar-refractivity contribution in [2.45, 2.75) is 26.1 Å². The molecule has 1 aromatic rings. The van der Waals surface area contributed by atoms with Gasteiger partial charge in [-0.15, -0.1) is 0 Å². The molecule has 6 heteroatoms. The third kappa shape index (κ3) is 3.96. The van der Waals surface area contributed by atoms with Gasteiger partial charge in [0.05, 0.1) is 0 Å². The summed E-state index contributed by atoms with van der Waals surface area (Å²) in [5, 5.41) is 8.85. The second kappa shape index (κ2) is 6.30. The van der Waals surface area contributed by atoms with E-state index in [0.29, 0.717) is 5.56 Å². The van der Waals surface area contributed by atoms with Gasteiger partial charge in [0.1, 0.15) is 11.8 Å². The van der Waals surface area contributed by atoms with E-state index in [2.05, 4.69) is 4.74 Å². The number of carbonyl (C=O) groups is 1. The molecule has 0 heterocycles. The zero-order valence-electron chi connectivity index (χ0n) is 10.1. The van der Waals surface area contributed by atoms with Gasteiger partial charge in [-0.25, -0.2) is 0 Å². The molecule has 0 saturated carbocycles. The van der Waals surface area contributed by atoms with Crippen LogP contribution in [0.25, 0.3) is 0 Å². The quantitative estimate of drug-likeness (QED) is 0.850. The Morgan fingerprint density at radius 1 is 1.44 bits per heavy atom. The molecule has 4 nitrogen and oxygen atoms in total. The van der Waals surface area contributed by atoms with E-state index in [0.717, 1.165) is 0 Å². The predicted octanol–water partition coefficient (Wildman–Crippen LogP) is 2.19. The highest BCUT2D eigenvalue weighted by Gasteiger charge is 2.18. The van der Waals surface area contributed by atoms with Gasteiger partial charge in [-0.3, -0.25) is 9.69 Å². The summed E-state index contributed by atoms with van der Waals surface area (Å²) < 4.78 is 28.8. The number of aliphatic carboxylic acids is 1. The first-order valence-electron chi connectivity index (χ1n) is 5.37. The highest BCUT2D eigenvalue weighted by molar-refractivity contribution is 5.72. The summed E-state index contributed by atoms with van der Waals surface area (Å²) in [6.07, 6.45) is 0. The average molecular weight is 259 g/mol. The van der Waals surface area contributed by atoms with Gasteiger partial charge in [0.2, 0.25) is 0 Å². The minimum atomic E-state index is -2.90. The van der Waals surface area contributed by atoms with Gasteiger partial charge in [-0.05, 0) is 20.0 Å². The standard InChI is InChI=1S/C12H15F2NO3/c1-8(11(16)17)15(2)7-9-5-3-4-6-10(9)18-12(13)14/h3-6,8,12H,7H2,1-2H3,(H,16,17). The lowest BCUT2D eigenvalue weighted by atomic mass is 10.1. The lowest BCUT2D eigenvalue weighted by molar-refractivity contribution is -0.142. The van der Waals surface area contributed by atoms with Crippen LogP contribution in [-0.2, 0) is 11.3 Å². The van der Waals surface area contributed by atoms with Crippen LogP contribution in [0.2, 0.25) is 0 Å². The maximum absolute atomic E-state index is 12.2. The summed E-state index contributed by atoms with van der Waals surface area (Å²) in [6.45, 7) is -1.15. The first-order valence-corrected chi connectivity index (χ1v) is 5.37. The van der Waals surface area contributed by atoms with Crippen molar-refractivity contribution in [2.75, 3.05) is 7.05 Å². The molecule has 0 aliphatic heterocycles. The fraction of sp³-hybridized carbons (Fsp3) is 0.417. The van der Waals surface area contributed by atoms with Crippen LogP contribution in [0.1, 0.15) is 12.5 Å². The van der Waals surface area contributed by atoms with Crippen molar-refractivity contribution in [1.82, 2.24) is 4.90 Å². The second-order valence-electron chi connectivity index (χ2n) is 3.92. The molecule has 0 spiro atoms. The summed E-state index contributed by atoms with van der Waals surface area (Å²) in [5.74, 6) is -0.901. The first kappa shape index (κ1) is 14.4. The number of hydrogen-bond acceptors (Lipinski definition) is 3. The molecule has 0 aliphatic rings. The number of halogens is 2. The molecular weight excluding hydrogens is 244 g/mol. The number of carboxylic acids is 1. The predicted molar refractivity (Wildman–Crippen MR) is 61.6 cm³/mol. The van der Waals surface area contributed by atoms with Gasteiger partial charge in [0, 0.05) is 12.1 Å². The van der Waals surface area contributed by atoms with E-state index in [1.165, 1.54) is 17.9 Å². The number of alkyl halides is 2. The Morgan fingerprint density at radius 3 is 2.61 bits per heavy atom. The van der Waals surface area contributed by atoms with Crippen LogP contribution in [-0.4, -0.2) is 35.7 Å². The maximum atomic E-state index is 12.2. The first-order chi connectivity index (χ1) is 8.41. The molecule has 1 N–H and O–H groups in total. The Labute approximate surface area is 104 Å². The molecule has 0 amide bonds. The van der Waals surface area contributed by atoms with Crippen LogP contribution in [0.5, 0.6) is 5.75 Å². The zero-order valence-corrected chi connectivity index (χ0v) is 10.1. The zero-order chi connectivity index (χ0) is 13.7. The van der Waals surface area contributed by atoms with Crippen molar-refractivity contribution in [1.29, 1.82) is 0 Å². The molecule has 18 heavy (non-hydrogen) atoms. The lowest BCUT2D eigenvalue weighted by Crippen LogP contribution is -2.35. The smallest absolute Gasteiger partial charge is 0.387 e. The highest BCUT2D eigenvalue weighted by atomic mass is 19.3. The summed E-state index contributed by atoms with van der Waals surface area (Å²) in [4.78, 5) is 12.3. The molecule has 1 atom stereocenters. The maximum Gasteiger partial charge on any atom is 0.387 e. The van der Waals surface area contributed by atoms with E-state index < -0.39 is 18.6 Å². The minimum Gasteiger partial charge on any atom is -0.480 e. The van der Waals surface area contributed by atoms with E-state index >= 15 is 0 Å². The van der Waals surface area contributed by atoms with Gasteiger partial charge in [-0.1, -0.05) is 18.2 Å². The topological polar surface area (TPSA) is 49.8 Å². The van der Waals surface area contributed by atoms with Crippen molar-refractivity contribution in [3.63, 3.8) is 0 Å². The molecule has 0 bridgehead atoms. The highest BCUT2D eigenvalue weighted by Crippen LogP contribution is 2.22. The van der Waals surface area contributed by atoms with Crippen LogP contribution in [0.4, 0.5) is 8.78 Å². The van der Waals surface area contributed by atoms with Crippen LogP contribution < -0.4 is 4.74 Å². The molecule has 0 saturated heterocycles. The molecule has 100 valence electrons. The normalized spacial score (nSPS) is 12.8. The third-order valence-electron chi connectivity index (χ3n) is 2.63. The minimum absolute atomic E-state index is 0.0666. The monoisotopic (exact) mass is 259 g/mol. The SMILES string of the molecule is CC(C(=O)O)N(C)Cc1ccccc1OC(F)F. The van der Waals surface area contributed by atoms with Crippen molar-refractivity contribution < 1.29 is 23.4 Å². The molecule has 0 fully saturated rings. The van der Waals surface area contributed by atoms with E-state index in [-0.39, 0.29) is 12.3 Å². The van der Waals surface area contributed by atoms with E-state index in [4.69, 9.17) is 5.11 Å². The van der Waals surface area contributed by atoms with Crippen molar-refractivity contribution in [3.8, 4) is 5.75 Å². The Kier molecular flexibility index (Phi) is 5.03. The van der Waals surface area contributed by atoms with Crippen LogP contribution >= 0.6 is 0 Å². The number of rotatable bonds is 6. The van der Waals surface area contributed by atoms with Crippen molar-refractivity contribution >= 4 is 5.97 Å². The molecule has 1 rings (SSSR count). The number of likely N-dealkylation sites (N-methyl/N-ethyl adjacent to an activating group) is 1. The fourth-order valence-corrected chi connectivity index (χ4v) is 1.44. The Hall–Kier alpha value is -1.69. The number of ether oxygens (including phenoxy) is 1. The summed E-state index contributed by atoms with van der Waals surface area (Å²) in [7, 11) is 1.61. The van der Waals surface area contributed by atoms with Crippen molar-refractivity contribution in [3.05, 3.63) is 29.8 Å². The van der Waals surface area contributed by atoms with Gasteiger partial charge < -0.3 is 9.84 Å². The number of nitrogens with zero attached hydrogens (tertiary/aromatic N) is 1. The number of hydrogen-bond donors (Lipinski definition) is 1. The summed E-state index contributed by atoms with van der Waals surface area (Å²) in [6, 6.07) is 5.63. The Morgan fingerprint density at radius 2 is 2.06 bits per heavy atom. The Bertz CT molecular complexity index is 412. The van der Waals surface area contributed by atoms with Crippen LogP contribution in [0.15, 0.2) is 24.3 Å². The van der Waals surface area contributed by atoms with E-state index in [1.807, 2.05) is 0 Å². The molecule has 0 radical (unpaired) electrons. The summed E-state index contributed by atoms with van der Waals surface area (Å²) >= 11 is 0. The lowest BCUT2D eigenvalue weighted by Gasteiger charge is -2.22. The van der Waals surface area contributed by atoms with E-state index in [9.17, 15) is 13.6 Å². The van der Waals surface area contributed by atoms with Crippen LogP contribution in [0, 0.1) is 0 Å². The average Bonchev–Trinajstić information content (AvgIpc) is 2.29. The molecular formula is C12H15F2NO3. The summed E-state index contributed by atoms with van der Waals surface area (Å²) in [5.41, 5.74) is 0.522. The number of para-hydroxylation sites is 1. The van der Waals surface area contributed by atoms with Gasteiger partial charge >= 0.3 is 12.6 Å². The molecule has 0 aliphatic carbocycles.